The van der Waals surface area contributed by atoms with Gasteiger partial charge in [-0.05, 0) is 55.5 Å². The van der Waals surface area contributed by atoms with Crippen LogP contribution in [0.15, 0.2) is 36.7 Å². The van der Waals surface area contributed by atoms with Crippen LogP contribution in [0, 0.1) is 0 Å². The number of nitrogens with one attached hydrogen (secondary N) is 1. The van der Waals surface area contributed by atoms with Gasteiger partial charge in [0.25, 0.3) is 0 Å². The fourth-order valence-electron chi connectivity index (χ4n) is 2.93. The molecule has 1 aliphatic heterocycles. The molecule has 0 spiro atoms. The van der Waals surface area contributed by atoms with E-state index in [9.17, 15) is 5.11 Å². The third-order valence-corrected chi connectivity index (χ3v) is 4.25. The van der Waals surface area contributed by atoms with Gasteiger partial charge >= 0.3 is 0 Å². The highest BCUT2D eigenvalue weighted by Crippen LogP contribution is 2.36. The Kier molecular flexibility index (Phi) is 4.62. The number of ether oxygens (including phenoxy) is 1. The number of anilines is 1. The summed E-state index contributed by atoms with van der Waals surface area (Å²) in [7, 11) is 0. The van der Waals surface area contributed by atoms with Crippen molar-refractivity contribution in [2.45, 2.75) is 31.3 Å². The first-order valence-corrected chi connectivity index (χ1v) is 7.93. The summed E-state index contributed by atoms with van der Waals surface area (Å²) in [5.41, 5.74) is 6.72. The van der Waals surface area contributed by atoms with Crippen molar-refractivity contribution in [3.8, 4) is 11.5 Å². The van der Waals surface area contributed by atoms with Crippen LogP contribution < -0.4 is 15.8 Å². The Labute approximate surface area is 135 Å². The number of phenolic OH excluding ortho intramolecular Hbond substituents is 1. The van der Waals surface area contributed by atoms with Gasteiger partial charge in [0.2, 0.25) is 5.95 Å². The van der Waals surface area contributed by atoms with Crippen LogP contribution in [0.1, 0.15) is 24.8 Å². The Morgan fingerprint density at radius 2 is 2.13 bits per heavy atom. The van der Waals surface area contributed by atoms with E-state index < -0.39 is 0 Å². The molecule has 3 rings (SSSR count). The lowest BCUT2D eigenvalue weighted by Gasteiger charge is -2.38. The molecule has 0 amide bonds. The first-order valence-electron chi connectivity index (χ1n) is 7.93. The molecule has 6 nitrogen and oxygen atoms in total. The van der Waals surface area contributed by atoms with Crippen molar-refractivity contribution in [1.29, 1.82) is 0 Å². The van der Waals surface area contributed by atoms with Crippen molar-refractivity contribution in [2.75, 3.05) is 18.4 Å². The zero-order valence-electron chi connectivity index (χ0n) is 13.0. The molecular formula is C17H22N4O2. The lowest BCUT2D eigenvalue weighted by Crippen LogP contribution is -2.46. The first kappa shape index (κ1) is 15.6. The lowest BCUT2D eigenvalue weighted by atomic mass is 9.87. The zero-order chi connectivity index (χ0) is 16.1. The van der Waals surface area contributed by atoms with E-state index in [0.717, 1.165) is 43.5 Å². The lowest BCUT2D eigenvalue weighted by molar-refractivity contribution is 0.0447. The number of aryl methyl sites for hydroxylation is 1. The molecule has 0 saturated carbocycles. The molecular weight excluding hydrogens is 292 g/mol. The Hall–Kier alpha value is -2.34. The largest absolute Gasteiger partial charge is 0.508 e. The van der Waals surface area contributed by atoms with Crippen LogP contribution in [0.4, 0.5) is 5.95 Å². The minimum Gasteiger partial charge on any atom is -0.508 e. The van der Waals surface area contributed by atoms with Crippen LogP contribution in [0.25, 0.3) is 0 Å². The van der Waals surface area contributed by atoms with E-state index in [4.69, 9.17) is 10.5 Å². The molecule has 6 heteroatoms. The van der Waals surface area contributed by atoms with E-state index in [0.29, 0.717) is 12.5 Å². The van der Waals surface area contributed by atoms with Crippen molar-refractivity contribution < 1.29 is 9.84 Å². The zero-order valence-corrected chi connectivity index (χ0v) is 13.0. The van der Waals surface area contributed by atoms with Gasteiger partial charge in [-0.25, -0.2) is 9.97 Å². The average Bonchev–Trinajstić information content (AvgIpc) is 2.60. The summed E-state index contributed by atoms with van der Waals surface area (Å²) in [5, 5.41) is 12.8. The third-order valence-electron chi connectivity index (χ3n) is 4.25. The quantitative estimate of drug-likeness (QED) is 0.707. The highest BCUT2D eigenvalue weighted by molar-refractivity contribution is 5.41. The Balaban J connectivity index is 1.56. The van der Waals surface area contributed by atoms with E-state index in [2.05, 4.69) is 15.3 Å². The van der Waals surface area contributed by atoms with E-state index in [1.165, 1.54) is 0 Å². The monoisotopic (exact) mass is 314 g/mol. The topological polar surface area (TPSA) is 93.3 Å². The number of nitrogens with zero attached hydrogens (tertiary/aromatic N) is 2. The fraction of sp³-hybridized carbons (Fsp3) is 0.412. The van der Waals surface area contributed by atoms with Crippen molar-refractivity contribution in [1.82, 2.24) is 9.97 Å². The summed E-state index contributed by atoms with van der Waals surface area (Å²) in [4.78, 5) is 8.27. The van der Waals surface area contributed by atoms with E-state index in [-0.39, 0.29) is 11.4 Å². The number of aromatic hydroxyl groups is 1. The number of aromatic nitrogens is 2. The highest BCUT2D eigenvalue weighted by atomic mass is 16.5. The molecule has 0 saturated heterocycles. The normalized spacial score (nSPS) is 19.7. The minimum absolute atomic E-state index is 0.277. The first-order chi connectivity index (χ1) is 11.2. The molecule has 4 N–H and O–H groups in total. The van der Waals surface area contributed by atoms with Crippen molar-refractivity contribution in [3.63, 3.8) is 0 Å². The van der Waals surface area contributed by atoms with Gasteiger partial charge in [-0.1, -0.05) is 0 Å². The summed E-state index contributed by atoms with van der Waals surface area (Å²) in [5.74, 6) is 1.75. The molecule has 1 aromatic carbocycles. The van der Waals surface area contributed by atoms with Gasteiger partial charge < -0.3 is 20.9 Å². The van der Waals surface area contributed by atoms with Crippen molar-refractivity contribution >= 4 is 5.95 Å². The molecule has 1 aliphatic rings. The van der Waals surface area contributed by atoms with Gasteiger partial charge in [0, 0.05) is 25.5 Å². The second kappa shape index (κ2) is 6.83. The maximum absolute atomic E-state index is 9.56. The molecule has 0 radical (unpaired) electrons. The van der Waals surface area contributed by atoms with Gasteiger partial charge in [-0.2, -0.15) is 0 Å². The Morgan fingerprint density at radius 3 is 2.91 bits per heavy atom. The number of benzene rings is 1. The SMILES string of the molecule is NCC1(CCCNc2ncccn2)CCc2cc(O)ccc2O1. The van der Waals surface area contributed by atoms with Crippen LogP contribution in [0.3, 0.4) is 0 Å². The number of rotatable bonds is 6. The van der Waals surface area contributed by atoms with Gasteiger partial charge in [0.1, 0.15) is 17.1 Å². The van der Waals surface area contributed by atoms with Crippen LogP contribution >= 0.6 is 0 Å². The predicted molar refractivity (Wildman–Crippen MR) is 88.6 cm³/mol. The second-order valence-electron chi connectivity index (χ2n) is 5.88. The van der Waals surface area contributed by atoms with Gasteiger partial charge in [-0.15, -0.1) is 0 Å². The molecule has 2 aromatic rings. The number of hydrogen-bond acceptors (Lipinski definition) is 6. The average molecular weight is 314 g/mol. The second-order valence-corrected chi connectivity index (χ2v) is 5.88. The molecule has 23 heavy (non-hydrogen) atoms. The third kappa shape index (κ3) is 3.71. The van der Waals surface area contributed by atoms with Gasteiger partial charge in [-0.3, -0.25) is 0 Å². The molecule has 0 aliphatic carbocycles. The van der Waals surface area contributed by atoms with Crippen molar-refractivity contribution in [3.05, 3.63) is 42.2 Å². The van der Waals surface area contributed by atoms with E-state index in [1.807, 2.05) is 6.07 Å². The molecule has 1 unspecified atom stereocenters. The summed E-state index contributed by atoms with van der Waals surface area (Å²) in [6.07, 6.45) is 6.95. The molecule has 0 fully saturated rings. The van der Waals surface area contributed by atoms with Crippen LogP contribution in [0.5, 0.6) is 11.5 Å². The molecule has 0 bridgehead atoms. The Bertz CT molecular complexity index is 650. The predicted octanol–water partition coefficient (Wildman–Crippen LogP) is 2.10. The number of nitrogens with two attached hydrogens (primary N) is 1. The maximum atomic E-state index is 9.56. The summed E-state index contributed by atoms with van der Waals surface area (Å²) in [6.45, 7) is 1.26. The van der Waals surface area contributed by atoms with Gasteiger partial charge in [0.05, 0.1) is 0 Å². The highest BCUT2D eigenvalue weighted by Gasteiger charge is 2.34. The summed E-state index contributed by atoms with van der Waals surface area (Å²) in [6, 6.07) is 7.04. The van der Waals surface area contributed by atoms with E-state index >= 15 is 0 Å². The minimum atomic E-state index is -0.330. The molecule has 1 atom stereocenters. The molecule has 2 heterocycles. The summed E-state index contributed by atoms with van der Waals surface area (Å²) >= 11 is 0. The fourth-order valence-corrected chi connectivity index (χ4v) is 2.93. The van der Waals surface area contributed by atoms with Gasteiger partial charge in [0.15, 0.2) is 0 Å². The van der Waals surface area contributed by atoms with E-state index in [1.54, 1.807) is 30.6 Å². The molecule has 122 valence electrons. The van der Waals surface area contributed by atoms with Crippen LogP contribution in [-0.4, -0.2) is 33.8 Å². The number of fused-ring (bicyclic) bond motifs is 1. The van der Waals surface area contributed by atoms with Crippen molar-refractivity contribution in [2.24, 2.45) is 5.73 Å². The standard InChI is InChI=1S/C17H22N4O2/c18-12-17(6-1-8-19-16-20-9-2-10-21-16)7-5-13-11-14(22)3-4-15(13)23-17/h2-4,9-11,22H,1,5-8,12,18H2,(H,19,20,21). The number of hydrogen-bond donors (Lipinski definition) is 3. The summed E-state index contributed by atoms with van der Waals surface area (Å²) < 4.78 is 6.18. The molecule has 1 aromatic heterocycles. The van der Waals surface area contributed by atoms with Crippen LogP contribution in [0.2, 0.25) is 0 Å². The van der Waals surface area contributed by atoms with Crippen LogP contribution in [-0.2, 0) is 6.42 Å². The number of phenols is 1. The Morgan fingerprint density at radius 1 is 1.30 bits per heavy atom. The maximum Gasteiger partial charge on any atom is 0.222 e. The smallest absolute Gasteiger partial charge is 0.222 e.